The summed E-state index contributed by atoms with van der Waals surface area (Å²) >= 11 is 0. The minimum Gasteiger partial charge on any atom is -0.382 e. The van der Waals surface area contributed by atoms with E-state index >= 15 is 0 Å². The first kappa shape index (κ1) is 12.7. The second-order valence-corrected chi connectivity index (χ2v) is 4.04. The predicted octanol–water partition coefficient (Wildman–Crippen LogP) is -0.879. The molecule has 0 unspecified atom stereocenters. The second-order valence-electron chi connectivity index (χ2n) is 4.04. The van der Waals surface area contributed by atoms with Gasteiger partial charge in [-0.2, -0.15) is 0 Å². The largest absolute Gasteiger partial charge is 0.382 e. The summed E-state index contributed by atoms with van der Waals surface area (Å²) in [6.45, 7) is 4.76. The van der Waals surface area contributed by atoms with Crippen molar-refractivity contribution in [1.29, 1.82) is 0 Å². The number of aromatic nitrogens is 2. The quantitative estimate of drug-likeness (QED) is 0.722. The molecule has 1 aromatic rings. The number of carbonyl (C=O) groups is 1. The normalized spacial score (nSPS) is 16.4. The second kappa shape index (κ2) is 6.27. The van der Waals surface area contributed by atoms with Crippen molar-refractivity contribution in [1.82, 2.24) is 20.2 Å². The van der Waals surface area contributed by atoms with Gasteiger partial charge in [0, 0.05) is 26.2 Å². The van der Waals surface area contributed by atoms with E-state index < -0.39 is 0 Å². The molecule has 2 heterocycles. The molecule has 0 aliphatic carbocycles. The maximum atomic E-state index is 11.7. The number of carbonyl (C=O) groups excluding carboxylic acids is 1. The van der Waals surface area contributed by atoms with Crippen LogP contribution in [0.1, 0.15) is 10.5 Å². The first-order valence-electron chi connectivity index (χ1n) is 5.91. The van der Waals surface area contributed by atoms with Gasteiger partial charge in [-0.25, -0.2) is 9.97 Å². The number of nitrogen functional groups attached to an aromatic ring is 1. The van der Waals surface area contributed by atoms with Gasteiger partial charge >= 0.3 is 0 Å². The smallest absolute Gasteiger partial charge is 0.271 e. The number of hydrogen-bond acceptors (Lipinski definition) is 6. The number of morpholine rings is 1. The van der Waals surface area contributed by atoms with E-state index in [-0.39, 0.29) is 11.6 Å². The molecule has 2 rings (SSSR count). The molecule has 0 spiro atoms. The third-order valence-electron chi connectivity index (χ3n) is 2.72. The molecule has 1 aromatic heterocycles. The molecule has 0 radical (unpaired) electrons. The van der Waals surface area contributed by atoms with Crippen molar-refractivity contribution in [3.63, 3.8) is 0 Å². The molecule has 1 amide bonds. The fourth-order valence-corrected chi connectivity index (χ4v) is 1.70. The fourth-order valence-electron chi connectivity index (χ4n) is 1.70. The van der Waals surface area contributed by atoms with Crippen LogP contribution in [0.3, 0.4) is 0 Å². The highest BCUT2D eigenvalue weighted by Crippen LogP contribution is 1.97. The number of ether oxygens (including phenoxy) is 1. The number of nitrogens with one attached hydrogen (secondary N) is 1. The van der Waals surface area contributed by atoms with Crippen molar-refractivity contribution in [2.24, 2.45) is 0 Å². The first-order chi connectivity index (χ1) is 8.75. The number of anilines is 1. The highest BCUT2D eigenvalue weighted by atomic mass is 16.5. The summed E-state index contributed by atoms with van der Waals surface area (Å²) in [5, 5.41) is 2.80. The average molecular weight is 251 g/mol. The zero-order chi connectivity index (χ0) is 12.8. The minimum absolute atomic E-state index is 0.226. The summed E-state index contributed by atoms with van der Waals surface area (Å²) in [6, 6.07) is 0. The lowest BCUT2D eigenvalue weighted by molar-refractivity contribution is 0.0383. The van der Waals surface area contributed by atoms with E-state index in [0.29, 0.717) is 12.4 Å². The van der Waals surface area contributed by atoms with Gasteiger partial charge in [0.2, 0.25) is 0 Å². The van der Waals surface area contributed by atoms with Crippen LogP contribution in [-0.2, 0) is 4.74 Å². The van der Waals surface area contributed by atoms with Crippen LogP contribution < -0.4 is 11.1 Å². The Morgan fingerprint density at radius 2 is 2.17 bits per heavy atom. The molecule has 98 valence electrons. The lowest BCUT2D eigenvalue weighted by Gasteiger charge is -2.26. The molecule has 1 fully saturated rings. The SMILES string of the molecule is Nc1cnc(C(=O)NCCN2CCOCC2)cn1. The van der Waals surface area contributed by atoms with E-state index in [1.165, 1.54) is 12.4 Å². The molecule has 1 aliphatic heterocycles. The molecule has 0 saturated carbocycles. The van der Waals surface area contributed by atoms with Gasteiger partial charge in [0.05, 0.1) is 25.6 Å². The van der Waals surface area contributed by atoms with Gasteiger partial charge in [0.1, 0.15) is 11.5 Å². The fraction of sp³-hybridized carbons (Fsp3) is 0.545. The number of amides is 1. The summed E-state index contributed by atoms with van der Waals surface area (Å²) in [7, 11) is 0. The van der Waals surface area contributed by atoms with Crippen LogP contribution >= 0.6 is 0 Å². The van der Waals surface area contributed by atoms with Crippen LogP contribution in [0, 0.1) is 0 Å². The summed E-state index contributed by atoms with van der Waals surface area (Å²) in [6.07, 6.45) is 2.75. The highest BCUT2D eigenvalue weighted by molar-refractivity contribution is 5.91. The summed E-state index contributed by atoms with van der Waals surface area (Å²) < 4.78 is 5.25. The molecular weight excluding hydrogens is 234 g/mol. The molecule has 1 saturated heterocycles. The van der Waals surface area contributed by atoms with E-state index in [1.807, 2.05) is 0 Å². The van der Waals surface area contributed by atoms with Crippen LogP contribution in [0.25, 0.3) is 0 Å². The Morgan fingerprint density at radius 3 is 2.83 bits per heavy atom. The maximum absolute atomic E-state index is 11.7. The van der Waals surface area contributed by atoms with E-state index in [2.05, 4.69) is 20.2 Å². The van der Waals surface area contributed by atoms with E-state index in [1.54, 1.807) is 0 Å². The summed E-state index contributed by atoms with van der Waals surface area (Å²) in [4.78, 5) is 21.7. The van der Waals surface area contributed by atoms with E-state index in [4.69, 9.17) is 10.5 Å². The molecule has 0 bridgehead atoms. The van der Waals surface area contributed by atoms with Crippen molar-refractivity contribution >= 4 is 11.7 Å². The third-order valence-corrected chi connectivity index (χ3v) is 2.72. The van der Waals surface area contributed by atoms with Crippen molar-refractivity contribution in [2.75, 3.05) is 45.1 Å². The van der Waals surface area contributed by atoms with Gasteiger partial charge in [0.15, 0.2) is 0 Å². The Bertz CT molecular complexity index is 389. The standard InChI is InChI=1S/C11H17N5O2/c12-10-8-14-9(7-15-10)11(17)13-1-2-16-3-5-18-6-4-16/h7-8H,1-6H2,(H2,12,15)(H,13,17). The summed E-state index contributed by atoms with van der Waals surface area (Å²) in [5.41, 5.74) is 5.68. The Kier molecular flexibility index (Phi) is 4.43. The molecule has 7 nitrogen and oxygen atoms in total. The number of nitrogens with two attached hydrogens (primary N) is 1. The monoisotopic (exact) mass is 251 g/mol. The van der Waals surface area contributed by atoms with Crippen molar-refractivity contribution in [2.45, 2.75) is 0 Å². The van der Waals surface area contributed by atoms with Gasteiger partial charge in [0.25, 0.3) is 5.91 Å². The molecule has 7 heteroatoms. The Hall–Kier alpha value is -1.73. The van der Waals surface area contributed by atoms with Crippen LogP contribution in [0.4, 0.5) is 5.82 Å². The Labute approximate surface area is 105 Å². The number of hydrogen-bond donors (Lipinski definition) is 2. The van der Waals surface area contributed by atoms with Crippen LogP contribution in [0.5, 0.6) is 0 Å². The summed E-state index contributed by atoms with van der Waals surface area (Å²) in [5.74, 6) is 0.0793. The van der Waals surface area contributed by atoms with Gasteiger partial charge in [-0.05, 0) is 0 Å². The maximum Gasteiger partial charge on any atom is 0.271 e. The van der Waals surface area contributed by atoms with Crippen molar-refractivity contribution in [3.8, 4) is 0 Å². The van der Waals surface area contributed by atoms with Crippen LogP contribution in [0.2, 0.25) is 0 Å². The van der Waals surface area contributed by atoms with E-state index in [0.717, 1.165) is 32.8 Å². The van der Waals surface area contributed by atoms with Gasteiger partial charge < -0.3 is 15.8 Å². The lowest BCUT2D eigenvalue weighted by Crippen LogP contribution is -2.41. The minimum atomic E-state index is -0.226. The molecule has 18 heavy (non-hydrogen) atoms. The first-order valence-corrected chi connectivity index (χ1v) is 5.91. The Morgan fingerprint density at radius 1 is 1.39 bits per heavy atom. The van der Waals surface area contributed by atoms with Crippen LogP contribution in [0.15, 0.2) is 12.4 Å². The molecule has 3 N–H and O–H groups in total. The van der Waals surface area contributed by atoms with Gasteiger partial charge in [-0.15, -0.1) is 0 Å². The number of rotatable bonds is 4. The lowest BCUT2D eigenvalue weighted by atomic mass is 10.4. The Balaban J connectivity index is 1.72. The molecular formula is C11H17N5O2. The zero-order valence-corrected chi connectivity index (χ0v) is 10.1. The molecule has 0 aromatic carbocycles. The number of nitrogens with zero attached hydrogens (tertiary/aromatic N) is 3. The molecule has 1 aliphatic rings. The predicted molar refractivity (Wildman–Crippen MR) is 66.0 cm³/mol. The zero-order valence-electron chi connectivity index (χ0n) is 10.1. The molecule has 0 atom stereocenters. The highest BCUT2D eigenvalue weighted by Gasteiger charge is 2.11. The van der Waals surface area contributed by atoms with E-state index in [9.17, 15) is 4.79 Å². The van der Waals surface area contributed by atoms with Crippen molar-refractivity contribution < 1.29 is 9.53 Å². The average Bonchev–Trinajstić information content (AvgIpc) is 2.40. The topological polar surface area (TPSA) is 93.4 Å². The van der Waals surface area contributed by atoms with Gasteiger partial charge in [-0.1, -0.05) is 0 Å². The van der Waals surface area contributed by atoms with Crippen LogP contribution in [-0.4, -0.2) is 60.2 Å². The van der Waals surface area contributed by atoms with Gasteiger partial charge in [-0.3, -0.25) is 9.69 Å². The van der Waals surface area contributed by atoms with Crippen molar-refractivity contribution in [3.05, 3.63) is 18.1 Å². The third kappa shape index (κ3) is 3.64.